The molecule has 6 nitrogen and oxygen atoms in total. The average molecular weight is 410 g/mol. The molecule has 1 amide bonds. The van der Waals surface area contributed by atoms with Crippen LogP contribution in [0.25, 0.3) is 0 Å². The quantitative estimate of drug-likeness (QED) is 0.497. The van der Waals surface area contributed by atoms with E-state index in [1.165, 1.54) is 6.07 Å². The lowest BCUT2D eigenvalue weighted by molar-refractivity contribution is -0.122. The third-order valence-corrected chi connectivity index (χ3v) is 5.70. The van der Waals surface area contributed by atoms with Crippen molar-refractivity contribution in [2.24, 2.45) is 4.99 Å². The molecule has 2 atom stereocenters. The Morgan fingerprint density at radius 2 is 2.07 bits per heavy atom. The van der Waals surface area contributed by atoms with Gasteiger partial charge in [0.25, 0.3) is 0 Å². The maximum Gasteiger partial charge on any atom is 0.233 e. The topological polar surface area (TPSA) is 68.8 Å². The summed E-state index contributed by atoms with van der Waals surface area (Å²) in [6, 6.07) is 5.28. The van der Waals surface area contributed by atoms with Crippen LogP contribution in [-0.4, -0.2) is 62.1 Å². The Kier molecular flexibility index (Phi) is 7.13. The lowest BCUT2D eigenvalue weighted by atomic mass is 10.1. The standard InChI is InChI=1S/C20H29ClFN5O/c1-3-24-20(25-13-7-9-27(10-8-13)12-18(28)23-2)26-17-11-14(17)19-15(21)5-4-6-16(19)22/h4-6,13-14,17H,3,7-12H2,1-2H3,(H,23,28)(H2,24,25,26). The summed E-state index contributed by atoms with van der Waals surface area (Å²) in [5.74, 6) is 0.652. The Balaban J connectivity index is 1.51. The Bertz CT molecular complexity index is 700. The molecule has 1 aromatic rings. The van der Waals surface area contributed by atoms with Crippen molar-refractivity contribution >= 4 is 23.5 Å². The molecule has 8 heteroatoms. The lowest BCUT2D eigenvalue weighted by Crippen LogP contribution is -2.50. The van der Waals surface area contributed by atoms with Crippen molar-refractivity contribution in [3.05, 3.63) is 34.6 Å². The number of amides is 1. The number of likely N-dealkylation sites (tertiary alicyclic amines) is 1. The van der Waals surface area contributed by atoms with Gasteiger partial charge >= 0.3 is 0 Å². The Hall–Kier alpha value is -1.86. The van der Waals surface area contributed by atoms with E-state index in [4.69, 9.17) is 11.6 Å². The first-order chi connectivity index (χ1) is 13.5. The van der Waals surface area contributed by atoms with Crippen molar-refractivity contribution in [2.75, 3.05) is 33.2 Å². The number of carbonyl (C=O) groups is 1. The molecule has 2 unspecified atom stereocenters. The van der Waals surface area contributed by atoms with Gasteiger partial charge in [-0.25, -0.2) is 4.39 Å². The SMILES string of the molecule is CCN=C(NC1CCN(CC(=O)NC)CC1)NC1CC1c1c(F)cccc1Cl. The first-order valence-electron chi connectivity index (χ1n) is 9.96. The van der Waals surface area contributed by atoms with Gasteiger partial charge in [-0.1, -0.05) is 17.7 Å². The summed E-state index contributed by atoms with van der Waals surface area (Å²) in [6.45, 7) is 4.86. The number of benzene rings is 1. The number of hydrogen-bond acceptors (Lipinski definition) is 3. The van der Waals surface area contributed by atoms with Crippen LogP contribution < -0.4 is 16.0 Å². The lowest BCUT2D eigenvalue weighted by Gasteiger charge is -2.32. The Morgan fingerprint density at radius 3 is 2.71 bits per heavy atom. The van der Waals surface area contributed by atoms with Crippen LogP contribution in [0.5, 0.6) is 0 Å². The molecule has 2 aliphatic rings. The zero-order valence-electron chi connectivity index (χ0n) is 16.5. The van der Waals surface area contributed by atoms with E-state index in [1.54, 1.807) is 19.2 Å². The zero-order chi connectivity index (χ0) is 20.1. The molecule has 1 saturated heterocycles. The minimum Gasteiger partial charge on any atom is -0.358 e. The van der Waals surface area contributed by atoms with E-state index in [0.717, 1.165) is 38.3 Å². The van der Waals surface area contributed by atoms with E-state index < -0.39 is 0 Å². The summed E-state index contributed by atoms with van der Waals surface area (Å²) in [5.41, 5.74) is 0.597. The Labute approximate surface area is 170 Å². The first kappa shape index (κ1) is 20.9. The molecular weight excluding hydrogens is 381 g/mol. The number of carbonyl (C=O) groups excluding carboxylic acids is 1. The summed E-state index contributed by atoms with van der Waals surface area (Å²) < 4.78 is 14.1. The number of piperidine rings is 1. The maximum atomic E-state index is 14.1. The Morgan fingerprint density at radius 1 is 1.32 bits per heavy atom. The van der Waals surface area contributed by atoms with Crippen LogP contribution in [0.3, 0.4) is 0 Å². The monoisotopic (exact) mass is 409 g/mol. The van der Waals surface area contributed by atoms with E-state index in [1.807, 2.05) is 6.92 Å². The third kappa shape index (κ3) is 5.35. The molecule has 0 aromatic heterocycles. The van der Waals surface area contributed by atoms with E-state index in [9.17, 15) is 9.18 Å². The number of nitrogens with one attached hydrogen (secondary N) is 3. The van der Waals surface area contributed by atoms with Gasteiger partial charge in [-0.15, -0.1) is 0 Å². The molecule has 0 bridgehead atoms. The molecule has 3 N–H and O–H groups in total. The number of nitrogens with zero attached hydrogens (tertiary/aromatic N) is 2. The summed E-state index contributed by atoms with van der Waals surface area (Å²) in [6.07, 6.45) is 2.75. The van der Waals surface area contributed by atoms with Gasteiger partial charge in [0.15, 0.2) is 5.96 Å². The fraction of sp³-hybridized carbons (Fsp3) is 0.600. The van der Waals surface area contributed by atoms with Crippen LogP contribution in [0, 0.1) is 5.82 Å². The fourth-order valence-electron chi connectivity index (χ4n) is 3.72. The average Bonchev–Trinajstić information content (AvgIpc) is 3.41. The second-order valence-electron chi connectivity index (χ2n) is 7.42. The van der Waals surface area contributed by atoms with E-state index >= 15 is 0 Å². The number of halogens is 2. The van der Waals surface area contributed by atoms with Gasteiger partial charge < -0.3 is 16.0 Å². The van der Waals surface area contributed by atoms with Crippen LogP contribution >= 0.6 is 11.6 Å². The summed E-state index contributed by atoms with van der Waals surface area (Å²) in [7, 11) is 1.66. The van der Waals surface area contributed by atoms with Crippen molar-refractivity contribution in [1.82, 2.24) is 20.9 Å². The van der Waals surface area contributed by atoms with Crippen molar-refractivity contribution in [3.8, 4) is 0 Å². The normalized spacial score (nSPS) is 23.4. The fourth-order valence-corrected chi connectivity index (χ4v) is 4.02. The molecular formula is C20H29ClFN5O. The van der Waals surface area contributed by atoms with Gasteiger partial charge in [-0.05, 0) is 38.3 Å². The van der Waals surface area contributed by atoms with Gasteiger partial charge in [-0.2, -0.15) is 0 Å². The second kappa shape index (κ2) is 9.56. The minimum atomic E-state index is -0.243. The highest BCUT2D eigenvalue weighted by Gasteiger charge is 2.42. The van der Waals surface area contributed by atoms with Gasteiger partial charge in [-0.3, -0.25) is 14.7 Å². The molecule has 1 heterocycles. The van der Waals surface area contributed by atoms with Gasteiger partial charge in [0.1, 0.15) is 5.82 Å². The molecule has 0 spiro atoms. The van der Waals surface area contributed by atoms with Crippen molar-refractivity contribution in [2.45, 2.75) is 44.2 Å². The molecule has 1 saturated carbocycles. The number of rotatable bonds is 6. The predicted molar refractivity (Wildman–Crippen MR) is 110 cm³/mol. The van der Waals surface area contributed by atoms with Crippen LogP contribution in [0.1, 0.15) is 37.7 Å². The highest BCUT2D eigenvalue weighted by atomic mass is 35.5. The molecule has 1 aliphatic carbocycles. The highest BCUT2D eigenvalue weighted by molar-refractivity contribution is 6.31. The van der Waals surface area contributed by atoms with E-state index in [-0.39, 0.29) is 23.7 Å². The number of guanidine groups is 1. The smallest absolute Gasteiger partial charge is 0.233 e. The maximum absolute atomic E-state index is 14.1. The van der Waals surface area contributed by atoms with Crippen molar-refractivity contribution in [1.29, 1.82) is 0 Å². The molecule has 1 aromatic carbocycles. The first-order valence-corrected chi connectivity index (χ1v) is 10.3. The second-order valence-corrected chi connectivity index (χ2v) is 7.83. The molecule has 3 rings (SSSR count). The summed E-state index contributed by atoms with van der Waals surface area (Å²) in [4.78, 5) is 18.2. The van der Waals surface area contributed by atoms with E-state index in [2.05, 4.69) is 25.8 Å². The van der Waals surface area contributed by atoms with Crippen LogP contribution in [0.4, 0.5) is 4.39 Å². The predicted octanol–water partition coefficient (Wildman–Crippen LogP) is 2.10. The zero-order valence-corrected chi connectivity index (χ0v) is 17.2. The highest BCUT2D eigenvalue weighted by Crippen LogP contribution is 2.44. The minimum absolute atomic E-state index is 0.0490. The molecule has 2 fully saturated rings. The number of hydrogen-bond donors (Lipinski definition) is 3. The molecule has 28 heavy (non-hydrogen) atoms. The van der Waals surface area contributed by atoms with Crippen molar-refractivity contribution < 1.29 is 9.18 Å². The summed E-state index contributed by atoms with van der Waals surface area (Å²) >= 11 is 6.20. The summed E-state index contributed by atoms with van der Waals surface area (Å²) in [5, 5.41) is 10.1. The van der Waals surface area contributed by atoms with Crippen LogP contribution in [0.2, 0.25) is 5.02 Å². The number of likely N-dealkylation sites (N-methyl/N-ethyl adjacent to an activating group) is 1. The number of aliphatic imine (C=N–C) groups is 1. The van der Waals surface area contributed by atoms with Gasteiger partial charge in [0.05, 0.1) is 6.54 Å². The molecule has 154 valence electrons. The van der Waals surface area contributed by atoms with Gasteiger partial charge in [0, 0.05) is 55.3 Å². The van der Waals surface area contributed by atoms with Crippen LogP contribution in [0.15, 0.2) is 23.2 Å². The molecule has 1 aliphatic heterocycles. The van der Waals surface area contributed by atoms with Gasteiger partial charge in [0.2, 0.25) is 5.91 Å². The molecule has 0 radical (unpaired) electrons. The largest absolute Gasteiger partial charge is 0.358 e. The van der Waals surface area contributed by atoms with E-state index in [0.29, 0.717) is 29.7 Å². The third-order valence-electron chi connectivity index (χ3n) is 5.37. The van der Waals surface area contributed by atoms with Crippen LogP contribution in [-0.2, 0) is 4.79 Å². The van der Waals surface area contributed by atoms with Crippen molar-refractivity contribution in [3.63, 3.8) is 0 Å².